The molecule has 1 aromatic carbocycles. The highest BCUT2D eigenvalue weighted by atomic mass is 35.5. The van der Waals surface area contributed by atoms with Gasteiger partial charge < -0.3 is 10.2 Å². The van der Waals surface area contributed by atoms with Gasteiger partial charge in [0, 0.05) is 44.2 Å². The van der Waals surface area contributed by atoms with Gasteiger partial charge in [0.25, 0.3) is 5.91 Å². The van der Waals surface area contributed by atoms with Gasteiger partial charge in [-0.05, 0) is 17.7 Å². The van der Waals surface area contributed by atoms with Crippen molar-refractivity contribution in [3.63, 3.8) is 0 Å². The van der Waals surface area contributed by atoms with Gasteiger partial charge in [-0.15, -0.1) is 12.3 Å². The van der Waals surface area contributed by atoms with E-state index < -0.39 is 18.0 Å². The largest absolute Gasteiger partial charge is 0.339 e. The fraction of sp³-hybridized carbons (Fsp3) is 0.421. The van der Waals surface area contributed by atoms with Crippen molar-refractivity contribution in [1.29, 1.82) is 0 Å². The van der Waals surface area contributed by atoms with Crippen molar-refractivity contribution >= 4 is 29.4 Å². The SMILES string of the molecule is C#CCC1NC(=O)N(CC(=O)N2CCN(Cc3cccc(Cl)c3)CC2)C1=O. The van der Waals surface area contributed by atoms with Crippen LogP contribution in [0, 0.1) is 12.3 Å². The van der Waals surface area contributed by atoms with Gasteiger partial charge in [-0.3, -0.25) is 19.4 Å². The van der Waals surface area contributed by atoms with Crippen molar-refractivity contribution < 1.29 is 14.4 Å². The lowest BCUT2D eigenvalue weighted by atomic mass is 10.2. The lowest BCUT2D eigenvalue weighted by Crippen LogP contribution is -2.51. The Morgan fingerprint density at radius 3 is 2.67 bits per heavy atom. The Morgan fingerprint density at radius 2 is 2.00 bits per heavy atom. The van der Waals surface area contributed by atoms with Crippen molar-refractivity contribution in [2.24, 2.45) is 0 Å². The van der Waals surface area contributed by atoms with Crippen molar-refractivity contribution in [2.45, 2.75) is 19.0 Å². The molecule has 0 aliphatic carbocycles. The Labute approximate surface area is 163 Å². The molecule has 7 nitrogen and oxygen atoms in total. The molecular weight excluding hydrogens is 368 g/mol. The number of hydrogen-bond donors (Lipinski definition) is 1. The highest BCUT2D eigenvalue weighted by Crippen LogP contribution is 2.15. The topological polar surface area (TPSA) is 73.0 Å². The zero-order chi connectivity index (χ0) is 19.4. The van der Waals surface area contributed by atoms with E-state index in [9.17, 15) is 14.4 Å². The number of benzene rings is 1. The highest BCUT2D eigenvalue weighted by molar-refractivity contribution is 6.30. The number of urea groups is 1. The number of nitrogens with one attached hydrogen (secondary N) is 1. The zero-order valence-electron chi connectivity index (χ0n) is 14.9. The molecular formula is C19H21ClN4O3. The van der Waals surface area contributed by atoms with Crippen LogP contribution in [0.4, 0.5) is 4.79 Å². The number of amides is 4. The third-order valence-electron chi connectivity index (χ3n) is 4.74. The summed E-state index contributed by atoms with van der Waals surface area (Å²) in [6, 6.07) is 6.42. The number of halogens is 1. The van der Waals surface area contributed by atoms with Crippen molar-refractivity contribution in [2.75, 3.05) is 32.7 Å². The molecule has 8 heteroatoms. The van der Waals surface area contributed by atoms with Gasteiger partial charge >= 0.3 is 6.03 Å². The van der Waals surface area contributed by atoms with E-state index in [4.69, 9.17) is 18.0 Å². The fourth-order valence-corrected chi connectivity index (χ4v) is 3.48. The van der Waals surface area contributed by atoms with E-state index in [2.05, 4.69) is 16.1 Å². The monoisotopic (exact) mass is 388 g/mol. The smallest absolute Gasteiger partial charge is 0.325 e. The average Bonchev–Trinajstić information content (AvgIpc) is 2.90. The number of terminal acetylenes is 1. The van der Waals surface area contributed by atoms with Crippen LogP contribution in [0.2, 0.25) is 5.02 Å². The van der Waals surface area contributed by atoms with E-state index in [0.717, 1.165) is 30.1 Å². The van der Waals surface area contributed by atoms with Gasteiger partial charge in [-0.25, -0.2) is 4.79 Å². The van der Waals surface area contributed by atoms with Crippen LogP contribution in [0.25, 0.3) is 0 Å². The second-order valence-corrected chi connectivity index (χ2v) is 7.06. The van der Waals surface area contributed by atoms with E-state index in [-0.39, 0.29) is 18.9 Å². The minimum atomic E-state index is -0.732. The first-order valence-electron chi connectivity index (χ1n) is 8.78. The van der Waals surface area contributed by atoms with Gasteiger partial charge in [0.1, 0.15) is 12.6 Å². The molecule has 142 valence electrons. The molecule has 4 amide bonds. The molecule has 2 heterocycles. The Morgan fingerprint density at radius 1 is 1.26 bits per heavy atom. The van der Waals surface area contributed by atoms with Crippen molar-refractivity contribution in [3.8, 4) is 12.3 Å². The molecule has 1 atom stereocenters. The molecule has 2 aliphatic heterocycles. The molecule has 3 rings (SSSR count). The molecule has 27 heavy (non-hydrogen) atoms. The second kappa shape index (κ2) is 8.42. The van der Waals surface area contributed by atoms with Gasteiger partial charge in [0.15, 0.2) is 0 Å². The van der Waals surface area contributed by atoms with E-state index in [0.29, 0.717) is 18.1 Å². The maximum absolute atomic E-state index is 12.5. The van der Waals surface area contributed by atoms with Gasteiger partial charge in [-0.2, -0.15) is 0 Å². The van der Waals surface area contributed by atoms with E-state index in [1.165, 1.54) is 0 Å². The highest BCUT2D eigenvalue weighted by Gasteiger charge is 2.39. The van der Waals surface area contributed by atoms with Crippen LogP contribution in [0.1, 0.15) is 12.0 Å². The van der Waals surface area contributed by atoms with Crippen LogP contribution < -0.4 is 5.32 Å². The third-order valence-corrected chi connectivity index (χ3v) is 4.98. The van der Waals surface area contributed by atoms with E-state index >= 15 is 0 Å². The second-order valence-electron chi connectivity index (χ2n) is 6.62. The van der Waals surface area contributed by atoms with Crippen molar-refractivity contribution in [1.82, 2.24) is 20.0 Å². The zero-order valence-corrected chi connectivity index (χ0v) is 15.6. The van der Waals surface area contributed by atoms with Gasteiger partial charge in [-0.1, -0.05) is 23.7 Å². The first kappa shape index (κ1) is 19.2. The predicted octanol–water partition coefficient (Wildman–Crippen LogP) is 0.928. The molecule has 0 saturated carbocycles. The molecule has 2 fully saturated rings. The number of nitrogens with zero attached hydrogens (tertiary/aromatic N) is 3. The minimum Gasteiger partial charge on any atom is -0.339 e. The summed E-state index contributed by atoms with van der Waals surface area (Å²) in [4.78, 5) is 41.4. The number of carbonyl (C=O) groups excluding carboxylic acids is 3. The quantitative estimate of drug-likeness (QED) is 0.601. The molecule has 2 saturated heterocycles. The Balaban J connectivity index is 1.49. The van der Waals surface area contributed by atoms with Crippen molar-refractivity contribution in [3.05, 3.63) is 34.9 Å². The Bertz CT molecular complexity index is 783. The maximum atomic E-state index is 12.5. The summed E-state index contributed by atoms with van der Waals surface area (Å²) in [6.07, 6.45) is 5.32. The van der Waals surface area contributed by atoms with E-state index in [1.54, 1.807) is 4.90 Å². The molecule has 1 unspecified atom stereocenters. The number of piperazine rings is 1. The number of carbonyl (C=O) groups is 3. The van der Waals surface area contributed by atoms with Gasteiger partial charge in [0.05, 0.1) is 0 Å². The molecule has 0 bridgehead atoms. The lowest BCUT2D eigenvalue weighted by molar-refractivity contribution is -0.138. The fourth-order valence-electron chi connectivity index (χ4n) is 3.27. The Hall–Kier alpha value is -2.56. The molecule has 0 spiro atoms. The summed E-state index contributed by atoms with van der Waals surface area (Å²) in [7, 11) is 0. The summed E-state index contributed by atoms with van der Waals surface area (Å²) in [5, 5.41) is 3.21. The minimum absolute atomic E-state index is 0.122. The van der Waals surface area contributed by atoms with Crippen LogP contribution in [0.15, 0.2) is 24.3 Å². The van der Waals surface area contributed by atoms with E-state index in [1.807, 2.05) is 24.3 Å². The molecule has 0 aromatic heterocycles. The summed E-state index contributed by atoms with van der Waals surface area (Å²) in [6.45, 7) is 3.06. The molecule has 0 radical (unpaired) electrons. The predicted molar refractivity (Wildman–Crippen MR) is 101 cm³/mol. The summed E-state index contributed by atoms with van der Waals surface area (Å²) in [5.74, 6) is 1.68. The average molecular weight is 389 g/mol. The third kappa shape index (κ3) is 4.59. The van der Waals surface area contributed by atoms with Crippen LogP contribution >= 0.6 is 11.6 Å². The van der Waals surface area contributed by atoms with Crippen LogP contribution in [-0.4, -0.2) is 71.3 Å². The lowest BCUT2D eigenvalue weighted by Gasteiger charge is -2.35. The summed E-state index contributed by atoms with van der Waals surface area (Å²) < 4.78 is 0. The normalized spacial score (nSPS) is 20.5. The molecule has 1 aromatic rings. The van der Waals surface area contributed by atoms with Crippen LogP contribution in [-0.2, 0) is 16.1 Å². The summed E-state index contributed by atoms with van der Waals surface area (Å²) >= 11 is 6.01. The van der Waals surface area contributed by atoms with Gasteiger partial charge in [0.2, 0.25) is 5.91 Å². The number of hydrogen-bond acceptors (Lipinski definition) is 4. The first-order chi connectivity index (χ1) is 13.0. The van der Waals surface area contributed by atoms with Crippen LogP contribution in [0.5, 0.6) is 0 Å². The Kier molecular flexibility index (Phi) is 5.99. The molecule has 2 aliphatic rings. The standard InChI is InChI=1S/C19H21ClN4O3/c1-2-4-16-18(26)24(19(27)21-16)13-17(25)23-9-7-22(8-10-23)12-14-5-3-6-15(20)11-14/h1,3,5-6,11,16H,4,7-10,12-13H2,(H,21,27). The number of imide groups is 1. The number of rotatable bonds is 5. The summed E-state index contributed by atoms with van der Waals surface area (Å²) in [5.41, 5.74) is 1.13. The maximum Gasteiger partial charge on any atom is 0.325 e. The first-order valence-corrected chi connectivity index (χ1v) is 9.15. The van der Waals surface area contributed by atoms with Crippen LogP contribution in [0.3, 0.4) is 0 Å². The molecule has 1 N–H and O–H groups in total.